The van der Waals surface area contributed by atoms with Crippen molar-refractivity contribution in [3.8, 4) is 0 Å². The van der Waals surface area contributed by atoms with E-state index in [2.05, 4.69) is 18.6 Å². The van der Waals surface area contributed by atoms with E-state index in [4.69, 9.17) is 0 Å². The van der Waals surface area contributed by atoms with Gasteiger partial charge >= 0.3 is 11.9 Å². The molecule has 0 spiro atoms. The van der Waals surface area contributed by atoms with E-state index in [-0.39, 0.29) is 0 Å². The summed E-state index contributed by atoms with van der Waals surface area (Å²) in [5, 5.41) is 0. The molecule has 0 bridgehead atoms. The number of likely N-dealkylation sites (N-methyl/N-ethyl adjacent to an activating group) is 1. The van der Waals surface area contributed by atoms with Gasteiger partial charge in [0.15, 0.2) is 0 Å². The number of hydrogen-bond acceptors (Lipinski definition) is 3. The highest BCUT2D eigenvalue weighted by molar-refractivity contribution is 6.32. The van der Waals surface area contributed by atoms with Gasteiger partial charge in [-0.3, -0.25) is 4.79 Å². The smallest absolute Gasteiger partial charge is 0.396 e. The van der Waals surface area contributed by atoms with Crippen molar-refractivity contribution in [2.45, 2.75) is 33.6 Å². The molecule has 0 unspecified atom stereocenters. The first-order chi connectivity index (χ1) is 7.10. The van der Waals surface area contributed by atoms with Crippen LogP contribution in [0.3, 0.4) is 0 Å². The summed E-state index contributed by atoms with van der Waals surface area (Å²) in [6.07, 6.45) is 2.03. The number of rotatable bonds is 5. The minimum absolute atomic E-state index is 0.457. The second kappa shape index (κ2) is 7.26. The molecule has 0 fully saturated rings. The highest BCUT2D eigenvalue weighted by Gasteiger charge is 2.22. The maximum atomic E-state index is 11.5. The third-order valence-corrected chi connectivity index (χ3v) is 2.66. The molecule has 0 heterocycles. The number of ether oxygens (including phenoxy) is 1. The molecule has 15 heavy (non-hydrogen) atoms. The molecule has 1 amide bonds. The fourth-order valence-corrected chi connectivity index (χ4v) is 1.43. The quantitative estimate of drug-likeness (QED) is 0.515. The normalized spacial score (nSPS) is 10.2. The monoisotopic (exact) mass is 215 g/mol. The topological polar surface area (TPSA) is 46.6 Å². The highest BCUT2D eigenvalue weighted by Crippen LogP contribution is 2.10. The number of esters is 1. The zero-order chi connectivity index (χ0) is 11.8. The number of amides is 1. The van der Waals surface area contributed by atoms with E-state index in [0.29, 0.717) is 19.0 Å². The summed E-state index contributed by atoms with van der Waals surface area (Å²) in [6.45, 7) is 7.22. The molecule has 0 saturated carbocycles. The zero-order valence-electron chi connectivity index (χ0n) is 10.1. The molecule has 4 heteroatoms. The van der Waals surface area contributed by atoms with Crippen LogP contribution in [-0.2, 0) is 14.3 Å². The molecule has 0 aliphatic heterocycles. The Labute approximate surface area is 91.6 Å². The van der Waals surface area contributed by atoms with E-state index in [1.807, 2.05) is 6.92 Å². The molecular weight excluding hydrogens is 194 g/mol. The Kier molecular flexibility index (Phi) is 6.75. The summed E-state index contributed by atoms with van der Waals surface area (Å²) in [6, 6.07) is 0. The van der Waals surface area contributed by atoms with Crippen LogP contribution >= 0.6 is 0 Å². The fraction of sp³-hybridized carbons (Fsp3) is 0.818. The van der Waals surface area contributed by atoms with Gasteiger partial charge in [-0.15, -0.1) is 0 Å². The lowest BCUT2D eigenvalue weighted by Gasteiger charge is -2.24. The van der Waals surface area contributed by atoms with Crippen LogP contribution in [-0.4, -0.2) is 37.0 Å². The summed E-state index contributed by atoms with van der Waals surface area (Å²) in [5.41, 5.74) is 0. The summed E-state index contributed by atoms with van der Waals surface area (Å²) in [4.78, 5) is 24.1. The summed E-state index contributed by atoms with van der Waals surface area (Å²) < 4.78 is 4.41. The average molecular weight is 215 g/mol. The van der Waals surface area contributed by atoms with Crippen LogP contribution in [0.15, 0.2) is 0 Å². The number of methoxy groups -OCH3 is 1. The van der Waals surface area contributed by atoms with Crippen LogP contribution in [0.4, 0.5) is 0 Å². The van der Waals surface area contributed by atoms with Gasteiger partial charge in [0, 0.05) is 13.1 Å². The molecule has 0 radical (unpaired) electrons. The molecule has 0 rings (SSSR count). The molecular formula is C11H21NO3. The molecule has 0 aromatic carbocycles. The van der Waals surface area contributed by atoms with Crippen molar-refractivity contribution in [2.24, 2.45) is 5.92 Å². The number of nitrogens with zero attached hydrogens (tertiary/aromatic N) is 1. The van der Waals surface area contributed by atoms with Crippen molar-refractivity contribution in [2.75, 3.05) is 20.2 Å². The lowest BCUT2D eigenvalue weighted by molar-refractivity contribution is -0.158. The molecule has 88 valence electrons. The van der Waals surface area contributed by atoms with Crippen molar-refractivity contribution in [3.63, 3.8) is 0 Å². The Morgan fingerprint density at radius 3 is 2.07 bits per heavy atom. The Bertz CT molecular complexity index is 212. The van der Waals surface area contributed by atoms with Gasteiger partial charge in [-0.1, -0.05) is 26.7 Å². The van der Waals surface area contributed by atoms with Crippen LogP contribution in [0.1, 0.15) is 33.6 Å². The van der Waals surface area contributed by atoms with Crippen LogP contribution in [0.5, 0.6) is 0 Å². The van der Waals surface area contributed by atoms with E-state index < -0.39 is 11.9 Å². The van der Waals surface area contributed by atoms with E-state index >= 15 is 0 Å². The molecule has 0 aliphatic rings. The van der Waals surface area contributed by atoms with Gasteiger partial charge in [0.1, 0.15) is 0 Å². The first-order valence-electron chi connectivity index (χ1n) is 5.47. The van der Waals surface area contributed by atoms with Crippen molar-refractivity contribution in [1.29, 1.82) is 0 Å². The summed E-state index contributed by atoms with van der Waals surface area (Å²) >= 11 is 0. The van der Waals surface area contributed by atoms with Crippen LogP contribution < -0.4 is 0 Å². The van der Waals surface area contributed by atoms with Crippen LogP contribution in [0, 0.1) is 5.92 Å². The minimum atomic E-state index is -0.775. The van der Waals surface area contributed by atoms with Gasteiger partial charge in [0.25, 0.3) is 0 Å². The molecule has 0 saturated heterocycles. The SMILES string of the molecule is CCC(CC)CN(CC)C(=O)C(=O)OC. The minimum Gasteiger partial charge on any atom is -0.462 e. The molecule has 0 aliphatic carbocycles. The lowest BCUT2D eigenvalue weighted by Crippen LogP contribution is -2.40. The van der Waals surface area contributed by atoms with Gasteiger partial charge in [0.2, 0.25) is 0 Å². The first kappa shape index (κ1) is 13.9. The molecule has 4 nitrogen and oxygen atoms in total. The molecule has 0 aromatic rings. The van der Waals surface area contributed by atoms with Crippen molar-refractivity contribution in [1.82, 2.24) is 4.90 Å². The van der Waals surface area contributed by atoms with Gasteiger partial charge in [-0.25, -0.2) is 4.79 Å². The van der Waals surface area contributed by atoms with Gasteiger partial charge < -0.3 is 9.64 Å². The highest BCUT2D eigenvalue weighted by atomic mass is 16.5. The third kappa shape index (κ3) is 4.32. The lowest BCUT2D eigenvalue weighted by atomic mass is 10.0. The Balaban J connectivity index is 4.35. The average Bonchev–Trinajstić information content (AvgIpc) is 2.29. The second-order valence-electron chi connectivity index (χ2n) is 3.52. The first-order valence-corrected chi connectivity index (χ1v) is 5.47. The van der Waals surface area contributed by atoms with Gasteiger partial charge in [-0.2, -0.15) is 0 Å². The molecule has 0 atom stereocenters. The van der Waals surface area contributed by atoms with Crippen LogP contribution in [0.25, 0.3) is 0 Å². The largest absolute Gasteiger partial charge is 0.462 e. The van der Waals surface area contributed by atoms with Crippen molar-refractivity contribution >= 4 is 11.9 Å². The number of hydrogen-bond donors (Lipinski definition) is 0. The summed E-state index contributed by atoms with van der Waals surface area (Å²) in [7, 11) is 1.23. The predicted octanol–water partition coefficient (Wildman–Crippen LogP) is 1.44. The van der Waals surface area contributed by atoms with Gasteiger partial charge in [0.05, 0.1) is 7.11 Å². The molecule has 0 aromatic heterocycles. The van der Waals surface area contributed by atoms with E-state index in [0.717, 1.165) is 12.8 Å². The number of carbonyl (C=O) groups is 2. The van der Waals surface area contributed by atoms with E-state index in [1.54, 1.807) is 4.90 Å². The predicted molar refractivity (Wildman–Crippen MR) is 58.3 cm³/mol. The Hall–Kier alpha value is -1.06. The maximum absolute atomic E-state index is 11.5. The van der Waals surface area contributed by atoms with Gasteiger partial charge in [-0.05, 0) is 12.8 Å². The fourth-order valence-electron chi connectivity index (χ4n) is 1.43. The molecule has 0 N–H and O–H groups in total. The van der Waals surface area contributed by atoms with E-state index in [9.17, 15) is 9.59 Å². The number of carbonyl (C=O) groups excluding carboxylic acids is 2. The Morgan fingerprint density at radius 2 is 1.73 bits per heavy atom. The van der Waals surface area contributed by atoms with E-state index in [1.165, 1.54) is 7.11 Å². The van der Waals surface area contributed by atoms with Crippen LogP contribution in [0.2, 0.25) is 0 Å². The van der Waals surface area contributed by atoms with Crippen molar-refractivity contribution < 1.29 is 14.3 Å². The standard InChI is InChI=1S/C11H21NO3/c1-5-9(6-2)8-12(7-3)10(13)11(14)15-4/h9H,5-8H2,1-4H3. The van der Waals surface area contributed by atoms with Crippen molar-refractivity contribution in [3.05, 3.63) is 0 Å². The second-order valence-corrected chi connectivity index (χ2v) is 3.52. The third-order valence-electron chi connectivity index (χ3n) is 2.66. The maximum Gasteiger partial charge on any atom is 0.396 e. The Morgan fingerprint density at radius 1 is 1.20 bits per heavy atom. The summed E-state index contributed by atoms with van der Waals surface area (Å²) in [5.74, 6) is -0.853. The zero-order valence-corrected chi connectivity index (χ0v) is 10.1.